The van der Waals surface area contributed by atoms with Gasteiger partial charge < -0.3 is 15.3 Å². The molecule has 31 heavy (non-hydrogen) atoms. The Kier molecular flexibility index (Phi) is 5.34. The summed E-state index contributed by atoms with van der Waals surface area (Å²) in [5.74, 6) is -3.14. The zero-order chi connectivity index (χ0) is 23.3. The van der Waals surface area contributed by atoms with Crippen molar-refractivity contribution in [2.24, 2.45) is 28.6 Å². The topological polar surface area (TPSA) is 94.8 Å². The number of aliphatic hydroxyl groups excluding tert-OH is 1. The molecule has 0 aromatic heterocycles. The molecule has 3 unspecified atom stereocenters. The third kappa shape index (κ3) is 2.61. The number of alkyl halides is 3. The molecule has 3 N–H and O–H groups in total. The Morgan fingerprint density at radius 2 is 1.87 bits per heavy atom. The van der Waals surface area contributed by atoms with Crippen LogP contribution in [0.1, 0.15) is 40.0 Å². The molecular formula is C22H26Cl3FO5. The van der Waals surface area contributed by atoms with Crippen LogP contribution in [-0.2, 0) is 9.59 Å². The number of fused-ring (bicyclic) bond motifs is 5. The lowest BCUT2D eigenvalue weighted by molar-refractivity contribution is -0.188. The van der Waals surface area contributed by atoms with E-state index in [1.165, 1.54) is 6.08 Å². The van der Waals surface area contributed by atoms with E-state index in [0.717, 1.165) is 0 Å². The number of hydrogen-bond acceptors (Lipinski definition) is 5. The average Bonchev–Trinajstić information content (AvgIpc) is 2.88. The quantitative estimate of drug-likeness (QED) is 0.404. The maximum atomic E-state index is 15.6. The molecule has 0 amide bonds. The number of carbonyl (C=O) groups excluding carboxylic acids is 2. The fraction of sp³-hybridized carbons (Fsp3) is 0.727. The Morgan fingerprint density at radius 1 is 1.26 bits per heavy atom. The first-order valence-electron chi connectivity index (χ1n) is 10.4. The lowest BCUT2D eigenvalue weighted by atomic mass is 9.46. The van der Waals surface area contributed by atoms with Gasteiger partial charge in [-0.2, -0.15) is 0 Å². The number of allylic oxidation sites excluding steroid dienone is 4. The van der Waals surface area contributed by atoms with E-state index >= 15 is 4.39 Å². The van der Waals surface area contributed by atoms with Gasteiger partial charge in [0.05, 0.1) is 15.3 Å². The van der Waals surface area contributed by atoms with Gasteiger partial charge >= 0.3 is 0 Å². The zero-order valence-electron chi connectivity index (χ0n) is 17.4. The zero-order valence-corrected chi connectivity index (χ0v) is 19.7. The highest BCUT2D eigenvalue weighted by Crippen LogP contribution is 2.73. The Hall–Kier alpha value is -0.500. The van der Waals surface area contributed by atoms with E-state index in [-0.39, 0.29) is 23.4 Å². The van der Waals surface area contributed by atoms with Crippen LogP contribution in [0.5, 0.6) is 0 Å². The molecule has 9 atom stereocenters. The van der Waals surface area contributed by atoms with Crippen molar-refractivity contribution in [1.82, 2.24) is 0 Å². The first-order valence-corrected chi connectivity index (χ1v) is 11.6. The molecule has 0 saturated heterocycles. The van der Waals surface area contributed by atoms with Crippen LogP contribution in [0.25, 0.3) is 0 Å². The van der Waals surface area contributed by atoms with Crippen LogP contribution < -0.4 is 0 Å². The molecule has 0 aromatic rings. The molecule has 3 saturated carbocycles. The van der Waals surface area contributed by atoms with Crippen LogP contribution in [0.15, 0.2) is 22.8 Å². The number of aliphatic hydroxyl groups is 3. The molecule has 4 rings (SSSR count). The van der Waals surface area contributed by atoms with E-state index < -0.39 is 68.5 Å². The molecule has 0 heterocycles. The fourth-order valence-corrected chi connectivity index (χ4v) is 8.86. The highest BCUT2D eigenvalue weighted by Gasteiger charge is 2.76. The Balaban J connectivity index is 1.89. The maximum Gasteiger partial charge on any atom is 0.220 e. The van der Waals surface area contributed by atoms with E-state index in [0.29, 0.717) is 6.42 Å². The first kappa shape index (κ1) is 23.7. The molecule has 0 spiro atoms. The summed E-state index contributed by atoms with van der Waals surface area (Å²) in [7, 11) is 0. The van der Waals surface area contributed by atoms with E-state index in [1.807, 2.05) is 0 Å². The van der Waals surface area contributed by atoms with Gasteiger partial charge in [0.25, 0.3) is 0 Å². The number of rotatable bonds is 2. The predicted octanol–water partition coefficient (Wildman–Crippen LogP) is 3.24. The minimum Gasteiger partial charge on any atom is -0.381 e. The van der Waals surface area contributed by atoms with Crippen LogP contribution in [0, 0.1) is 28.6 Å². The summed E-state index contributed by atoms with van der Waals surface area (Å²) >= 11 is 20.5. The van der Waals surface area contributed by atoms with E-state index in [9.17, 15) is 24.9 Å². The first-order chi connectivity index (χ1) is 14.2. The molecular weight excluding hydrogens is 470 g/mol. The van der Waals surface area contributed by atoms with Crippen LogP contribution in [0.4, 0.5) is 4.39 Å². The van der Waals surface area contributed by atoms with Crippen LogP contribution in [-0.4, -0.2) is 55.2 Å². The van der Waals surface area contributed by atoms with Crippen molar-refractivity contribution in [3.8, 4) is 0 Å². The van der Waals surface area contributed by atoms with Gasteiger partial charge in [-0.05, 0) is 48.7 Å². The Bertz CT molecular complexity index is 921. The number of halogens is 4. The normalized spacial score (nSPS) is 51.6. The van der Waals surface area contributed by atoms with Gasteiger partial charge in [-0.1, -0.05) is 38.4 Å². The van der Waals surface area contributed by atoms with Crippen molar-refractivity contribution in [3.05, 3.63) is 22.8 Å². The van der Waals surface area contributed by atoms with Crippen LogP contribution in [0.3, 0.4) is 0 Å². The van der Waals surface area contributed by atoms with Gasteiger partial charge in [-0.3, -0.25) is 9.59 Å². The van der Waals surface area contributed by atoms with Crippen LogP contribution >= 0.6 is 34.8 Å². The van der Waals surface area contributed by atoms with Gasteiger partial charge in [-0.25, -0.2) is 4.39 Å². The third-order valence-electron chi connectivity index (χ3n) is 8.85. The molecule has 0 aliphatic heterocycles. The average molecular weight is 496 g/mol. The molecule has 9 heteroatoms. The van der Waals surface area contributed by atoms with Gasteiger partial charge in [0.1, 0.15) is 11.8 Å². The second kappa shape index (κ2) is 7.00. The number of Topliss-reactive ketones (excluding diaryl/α,β-unsaturated/α-hetero) is 1. The highest BCUT2D eigenvalue weighted by atomic mass is 35.5. The van der Waals surface area contributed by atoms with Gasteiger partial charge in [0, 0.05) is 10.8 Å². The molecule has 3 fully saturated rings. The number of ketones is 2. The van der Waals surface area contributed by atoms with E-state index in [4.69, 9.17) is 34.8 Å². The smallest absolute Gasteiger partial charge is 0.220 e. The summed E-state index contributed by atoms with van der Waals surface area (Å²) < 4.78 is 15.6. The second-order valence-electron chi connectivity index (χ2n) is 10.0. The van der Waals surface area contributed by atoms with Crippen molar-refractivity contribution < 1.29 is 29.3 Å². The summed E-state index contributed by atoms with van der Waals surface area (Å²) in [4.78, 5) is 23.7. The molecule has 0 bridgehead atoms. The van der Waals surface area contributed by atoms with Crippen molar-refractivity contribution in [2.75, 3.05) is 0 Å². The van der Waals surface area contributed by atoms with Crippen molar-refractivity contribution in [1.29, 1.82) is 0 Å². The molecule has 5 nitrogen and oxygen atoms in total. The fourth-order valence-electron chi connectivity index (χ4n) is 7.29. The minimum absolute atomic E-state index is 0.0616. The molecule has 4 aliphatic carbocycles. The minimum atomic E-state index is -2.34. The summed E-state index contributed by atoms with van der Waals surface area (Å²) in [5, 5.41) is 29.7. The summed E-state index contributed by atoms with van der Waals surface area (Å²) in [6.07, 6.45) is -0.636. The molecule has 0 aromatic carbocycles. The van der Waals surface area contributed by atoms with E-state index in [2.05, 4.69) is 0 Å². The summed E-state index contributed by atoms with van der Waals surface area (Å²) in [6.45, 7) is 5.09. The second-order valence-corrected chi connectivity index (χ2v) is 11.6. The van der Waals surface area contributed by atoms with Crippen molar-refractivity contribution >= 4 is 46.4 Å². The van der Waals surface area contributed by atoms with Gasteiger partial charge in [0.2, 0.25) is 12.1 Å². The van der Waals surface area contributed by atoms with E-state index in [1.54, 1.807) is 26.8 Å². The molecule has 4 aliphatic rings. The highest BCUT2D eigenvalue weighted by molar-refractivity contribution is 6.45. The van der Waals surface area contributed by atoms with Gasteiger partial charge in [0.15, 0.2) is 5.78 Å². The number of hydrogen-bond donors (Lipinski definition) is 3. The molecule has 0 radical (unpaired) electrons. The predicted molar refractivity (Wildman–Crippen MR) is 115 cm³/mol. The number of carbonyl (C=O) groups is 2. The Morgan fingerprint density at radius 3 is 2.45 bits per heavy atom. The standard InChI is InChI=1S/C22H26Cl3FO5/c1-9-6-10-11-7-12(26)15-16(24)13(27)4-5-19(15,2)21(11,25)14(23)8-20(10,3)22(9,31)17(28)18(29)30/h4-5,9-12,14,18,29-31H,6-8H2,1-3H3/t9?,10-,11-,12?,14?,19-,20-,21-,22-/m0/s1. The van der Waals surface area contributed by atoms with Crippen molar-refractivity contribution in [3.63, 3.8) is 0 Å². The van der Waals surface area contributed by atoms with Gasteiger partial charge in [-0.15, -0.1) is 23.2 Å². The van der Waals surface area contributed by atoms with Crippen LogP contribution in [0.2, 0.25) is 0 Å². The molecule has 172 valence electrons. The summed E-state index contributed by atoms with van der Waals surface area (Å²) in [5.41, 5.74) is -4.20. The largest absolute Gasteiger partial charge is 0.381 e. The lowest BCUT2D eigenvalue weighted by Gasteiger charge is -2.64. The lowest BCUT2D eigenvalue weighted by Crippen LogP contribution is -2.69. The Labute approximate surface area is 195 Å². The summed E-state index contributed by atoms with van der Waals surface area (Å²) in [6, 6.07) is 0. The monoisotopic (exact) mass is 494 g/mol. The third-order valence-corrected chi connectivity index (χ3v) is 10.8. The maximum absolute atomic E-state index is 15.6. The SMILES string of the molecule is CC1C[C@H]2[C@@H]3CC(F)C4=C(Cl)C(=O)C=C[C@]4(C)[C@@]3(Cl)C(Cl)C[C@]2(C)[C@@]1(O)C(=O)C(O)O. The van der Waals surface area contributed by atoms with Crippen molar-refractivity contribution in [2.45, 2.75) is 68.3 Å².